The molecular formula is C29H37Cl2N3O5S. The van der Waals surface area contributed by atoms with Crippen LogP contribution in [-0.2, 0) is 29.6 Å². The molecule has 0 radical (unpaired) electrons. The van der Waals surface area contributed by atoms with E-state index >= 15 is 0 Å². The summed E-state index contributed by atoms with van der Waals surface area (Å²) < 4.78 is 25.9. The number of hydrogen-bond donors (Lipinski definition) is 2. The molecule has 1 unspecified atom stereocenters. The molecule has 1 saturated heterocycles. The fraction of sp³-hybridized carbons (Fsp3) is 0.483. The van der Waals surface area contributed by atoms with Crippen LogP contribution < -0.4 is 10.6 Å². The van der Waals surface area contributed by atoms with Crippen LogP contribution in [0.4, 0.5) is 0 Å². The maximum atomic E-state index is 13.2. The lowest BCUT2D eigenvalue weighted by Crippen LogP contribution is -2.51. The van der Waals surface area contributed by atoms with E-state index in [-0.39, 0.29) is 22.4 Å². The molecule has 11 heteroatoms. The third-order valence-electron chi connectivity index (χ3n) is 7.50. The Labute approximate surface area is 246 Å². The van der Waals surface area contributed by atoms with Gasteiger partial charge in [-0.05, 0) is 76.4 Å². The number of sulfone groups is 1. The third kappa shape index (κ3) is 7.05. The molecule has 1 aliphatic carbocycles. The Morgan fingerprint density at radius 1 is 1.05 bits per heavy atom. The van der Waals surface area contributed by atoms with Gasteiger partial charge in [0.1, 0.15) is 0 Å². The zero-order valence-electron chi connectivity index (χ0n) is 23.3. The second-order valence-electron chi connectivity index (χ2n) is 10.7. The van der Waals surface area contributed by atoms with Crippen molar-refractivity contribution in [3.63, 3.8) is 0 Å². The number of likely N-dealkylation sites (tertiary alicyclic amines) is 1. The Bertz CT molecular complexity index is 1340. The van der Waals surface area contributed by atoms with Crippen molar-refractivity contribution in [1.82, 2.24) is 15.5 Å². The number of nitrogens with one attached hydrogen (secondary N) is 2. The van der Waals surface area contributed by atoms with Gasteiger partial charge in [0, 0.05) is 24.7 Å². The number of carbonyl (C=O) groups excluding carboxylic acids is 3. The van der Waals surface area contributed by atoms with Gasteiger partial charge < -0.3 is 15.5 Å². The number of ketones is 1. The van der Waals surface area contributed by atoms with Crippen LogP contribution >= 0.6 is 23.2 Å². The summed E-state index contributed by atoms with van der Waals surface area (Å²) in [6, 6.07) is 13.8. The highest BCUT2D eigenvalue weighted by molar-refractivity contribution is 7.92. The number of hydrogen-bond acceptors (Lipinski definition) is 6. The number of benzene rings is 2. The maximum absolute atomic E-state index is 13.2. The molecule has 1 aliphatic heterocycles. The molecular weight excluding hydrogens is 573 g/mol. The van der Waals surface area contributed by atoms with Gasteiger partial charge in [-0.1, -0.05) is 54.4 Å². The standard InChI is InChI=1S/C20H19Cl2NO3S.C9H18N2O2/c21-15-7-5-14(6-8-15)20(10-11-20)19(24)23-12-9-16(13-23)27(25,26)18-4-2-1-3-17(18)22;1-5-6-11-8(13)7(12)9(2,3)10-4/h1-8,16H,9-13H2;10H,5-6H2,1-4H3,(H,11,13). The highest BCUT2D eigenvalue weighted by Crippen LogP contribution is 2.50. The molecule has 1 heterocycles. The smallest absolute Gasteiger partial charge is 0.289 e. The lowest BCUT2D eigenvalue weighted by atomic mass is 9.94. The normalized spacial score (nSPS) is 17.9. The predicted octanol–water partition coefficient (Wildman–Crippen LogP) is 4.18. The molecule has 2 fully saturated rings. The average Bonchev–Trinajstić information content (AvgIpc) is 3.59. The number of halogens is 2. The van der Waals surface area contributed by atoms with Crippen molar-refractivity contribution in [2.24, 2.45) is 0 Å². The van der Waals surface area contributed by atoms with Gasteiger partial charge in [-0.25, -0.2) is 8.42 Å². The first-order chi connectivity index (χ1) is 18.8. The van der Waals surface area contributed by atoms with Crippen molar-refractivity contribution in [2.75, 3.05) is 26.7 Å². The molecule has 2 N–H and O–H groups in total. The summed E-state index contributed by atoms with van der Waals surface area (Å²) in [7, 11) is -1.92. The van der Waals surface area contributed by atoms with E-state index in [4.69, 9.17) is 23.2 Å². The van der Waals surface area contributed by atoms with Gasteiger partial charge in [0.15, 0.2) is 9.84 Å². The molecule has 4 rings (SSSR count). The number of Topliss-reactive ketones (excluding diaryl/α,β-unsaturated/α-hetero) is 1. The van der Waals surface area contributed by atoms with Gasteiger partial charge >= 0.3 is 0 Å². The summed E-state index contributed by atoms with van der Waals surface area (Å²) in [4.78, 5) is 37.6. The van der Waals surface area contributed by atoms with E-state index in [2.05, 4.69) is 10.6 Å². The molecule has 40 heavy (non-hydrogen) atoms. The third-order valence-corrected chi connectivity index (χ3v) is 10.4. The lowest BCUT2D eigenvalue weighted by Gasteiger charge is -2.24. The van der Waals surface area contributed by atoms with Gasteiger partial charge in [0.2, 0.25) is 11.7 Å². The molecule has 218 valence electrons. The number of rotatable bonds is 9. The van der Waals surface area contributed by atoms with E-state index in [9.17, 15) is 22.8 Å². The van der Waals surface area contributed by atoms with Crippen LogP contribution in [0.15, 0.2) is 53.4 Å². The van der Waals surface area contributed by atoms with Crippen LogP contribution in [0, 0.1) is 0 Å². The minimum Gasteiger partial charge on any atom is -0.349 e. The van der Waals surface area contributed by atoms with Crippen molar-refractivity contribution in [2.45, 2.75) is 67.6 Å². The number of carbonyl (C=O) groups is 3. The average molecular weight is 611 g/mol. The van der Waals surface area contributed by atoms with E-state index < -0.39 is 37.7 Å². The minimum absolute atomic E-state index is 0.0154. The first-order valence-electron chi connectivity index (χ1n) is 13.4. The molecule has 2 aromatic rings. The number of likely N-dealkylation sites (N-methyl/N-ethyl adjacent to an activating group) is 1. The van der Waals surface area contributed by atoms with Crippen molar-refractivity contribution in [3.8, 4) is 0 Å². The monoisotopic (exact) mass is 609 g/mol. The van der Waals surface area contributed by atoms with E-state index in [0.717, 1.165) is 24.8 Å². The van der Waals surface area contributed by atoms with Crippen molar-refractivity contribution >= 4 is 50.6 Å². The Morgan fingerprint density at radius 3 is 2.23 bits per heavy atom. The van der Waals surface area contributed by atoms with Gasteiger partial charge in [0.25, 0.3) is 5.91 Å². The Kier molecular flexibility index (Phi) is 10.4. The van der Waals surface area contributed by atoms with Gasteiger partial charge in [-0.2, -0.15) is 0 Å². The Balaban J connectivity index is 0.000000289. The molecule has 2 amide bonds. The van der Waals surface area contributed by atoms with Gasteiger partial charge in [-0.15, -0.1) is 0 Å². The Hall–Kier alpha value is -2.46. The van der Waals surface area contributed by atoms with Crippen molar-refractivity contribution in [3.05, 3.63) is 64.1 Å². The van der Waals surface area contributed by atoms with Crippen LogP contribution in [-0.4, -0.2) is 68.4 Å². The lowest BCUT2D eigenvalue weighted by molar-refractivity contribution is -0.140. The summed E-state index contributed by atoms with van der Waals surface area (Å²) in [5, 5.41) is 5.57. The number of nitrogens with zero attached hydrogens (tertiary/aromatic N) is 1. The molecule has 0 aromatic heterocycles. The minimum atomic E-state index is -3.57. The second kappa shape index (κ2) is 13.0. The molecule has 2 aliphatic rings. The van der Waals surface area contributed by atoms with Crippen LogP contribution in [0.3, 0.4) is 0 Å². The zero-order chi connectivity index (χ0) is 29.7. The highest BCUT2D eigenvalue weighted by Gasteiger charge is 2.54. The summed E-state index contributed by atoms with van der Waals surface area (Å²) in [5.74, 6) is -0.925. The fourth-order valence-electron chi connectivity index (χ4n) is 4.56. The quantitative estimate of drug-likeness (QED) is 0.412. The Morgan fingerprint density at radius 2 is 1.68 bits per heavy atom. The largest absolute Gasteiger partial charge is 0.349 e. The number of amides is 2. The molecule has 8 nitrogen and oxygen atoms in total. The van der Waals surface area contributed by atoms with E-state index in [1.807, 2.05) is 19.1 Å². The highest BCUT2D eigenvalue weighted by atomic mass is 35.5. The first-order valence-corrected chi connectivity index (χ1v) is 15.7. The molecule has 0 bridgehead atoms. The molecule has 1 saturated carbocycles. The fourth-order valence-corrected chi connectivity index (χ4v) is 6.90. The van der Waals surface area contributed by atoms with Crippen LogP contribution in [0.5, 0.6) is 0 Å². The first kappa shape index (κ1) is 32.1. The maximum Gasteiger partial charge on any atom is 0.289 e. The van der Waals surface area contributed by atoms with Crippen LogP contribution in [0.1, 0.15) is 52.0 Å². The van der Waals surface area contributed by atoms with Crippen molar-refractivity contribution < 1.29 is 22.8 Å². The summed E-state index contributed by atoms with van der Waals surface area (Å²) >= 11 is 12.0. The molecule has 2 aromatic carbocycles. The van der Waals surface area contributed by atoms with Crippen LogP contribution in [0.2, 0.25) is 10.0 Å². The van der Waals surface area contributed by atoms with Crippen LogP contribution in [0.25, 0.3) is 0 Å². The summed E-state index contributed by atoms with van der Waals surface area (Å²) in [6.45, 7) is 6.50. The van der Waals surface area contributed by atoms with E-state index in [1.165, 1.54) is 6.07 Å². The van der Waals surface area contributed by atoms with E-state index in [0.29, 0.717) is 24.5 Å². The predicted molar refractivity (Wildman–Crippen MR) is 157 cm³/mol. The molecule has 0 spiro atoms. The van der Waals surface area contributed by atoms with Crippen molar-refractivity contribution in [1.29, 1.82) is 0 Å². The van der Waals surface area contributed by atoms with Gasteiger partial charge in [-0.3, -0.25) is 14.4 Å². The zero-order valence-corrected chi connectivity index (χ0v) is 25.6. The van der Waals surface area contributed by atoms with E-state index in [1.54, 1.807) is 56.1 Å². The SMILES string of the molecule is CCCNC(=O)C(=O)C(C)(C)NC.O=C(N1CCC(S(=O)(=O)c2ccccc2Cl)C1)C1(c2ccc(Cl)cc2)CC1. The summed E-state index contributed by atoms with van der Waals surface area (Å²) in [5.41, 5.74) is -0.347. The topological polar surface area (TPSA) is 113 Å². The second-order valence-corrected chi connectivity index (χ2v) is 13.7. The van der Waals surface area contributed by atoms with Gasteiger partial charge in [0.05, 0.1) is 26.1 Å². The molecule has 1 atom stereocenters. The summed E-state index contributed by atoms with van der Waals surface area (Å²) in [6.07, 6.45) is 2.83.